The van der Waals surface area contributed by atoms with Crippen LogP contribution in [0.1, 0.15) is 27.7 Å². The van der Waals surface area contributed by atoms with E-state index in [0.717, 1.165) is 0 Å². The number of aliphatic hydroxyl groups is 1. The van der Waals surface area contributed by atoms with Crippen LogP contribution in [0.25, 0.3) is 0 Å². The lowest BCUT2D eigenvalue weighted by atomic mass is 9.79. The third kappa shape index (κ3) is 2.79. The maximum absolute atomic E-state index is 8.93. The summed E-state index contributed by atoms with van der Waals surface area (Å²) in [7, 11) is -0.581. The molecule has 1 aromatic rings. The standard InChI is InChI=1S/C13H20BClN2O3/c1-12(2)13(3,4)20-14(19-12)10-9(15)5-6-16-11(10)17-7-8-18/h5-6,18H,7-8H2,1-4H3,(H,16,17). The molecule has 0 spiro atoms. The van der Waals surface area contributed by atoms with E-state index in [0.29, 0.717) is 22.8 Å². The fraction of sp³-hybridized carbons (Fsp3) is 0.615. The lowest BCUT2D eigenvalue weighted by Crippen LogP contribution is -2.41. The number of aliphatic hydroxyl groups excluding tert-OH is 1. The summed E-state index contributed by atoms with van der Waals surface area (Å²) >= 11 is 6.27. The third-order valence-corrected chi connectivity index (χ3v) is 4.16. The average Bonchev–Trinajstić information content (AvgIpc) is 2.55. The topological polar surface area (TPSA) is 63.6 Å². The molecule has 7 heteroatoms. The molecule has 0 unspecified atom stereocenters. The molecule has 0 atom stereocenters. The van der Waals surface area contributed by atoms with Gasteiger partial charge in [-0.2, -0.15) is 0 Å². The van der Waals surface area contributed by atoms with Crippen molar-refractivity contribution in [3.63, 3.8) is 0 Å². The summed E-state index contributed by atoms with van der Waals surface area (Å²) < 4.78 is 12.0. The molecule has 1 aromatic heterocycles. The highest BCUT2D eigenvalue weighted by Crippen LogP contribution is 2.37. The van der Waals surface area contributed by atoms with Gasteiger partial charge in [-0.25, -0.2) is 4.98 Å². The highest BCUT2D eigenvalue weighted by molar-refractivity contribution is 6.67. The van der Waals surface area contributed by atoms with E-state index in [2.05, 4.69) is 10.3 Å². The van der Waals surface area contributed by atoms with Gasteiger partial charge in [-0.3, -0.25) is 0 Å². The van der Waals surface area contributed by atoms with Crippen LogP contribution >= 0.6 is 11.6 Å². The van der Waals surface area contributed by atoms with Gasteiger partial charge in [-0.05, 0) is 33.8 Å². The molecule has 20 heavy (non-hydrogen) atoms. The van der Waals surface area contributed by atoms with Crippen LogP contribution in [0.2, 0.25) is 5.02 Å². The van der Waals surface area contributed by atoms with Crippen LogP contribution in [-0.2, 0) is 9.31 Å². The zero-order valence-corrected chi connectivity index (χ0v) is 13.0. The number of aromatic nitrogens is 1. The molecule has 0 bridgehead atoms. The predicted octanol–water partition coefficient (Wildman–Crippen LogP) is 1.44. The second-order valence-electron chi connectivity index (χ2n) is 5.79. The van der Waals surface area contributed by atoms with E-state index < -0.39 is 18.3 Å². The molecular formula is C13H20BClN2O3. The third-order valence-electron chi connectivity index (χ3n) is 3.83. The summed E-state index contributed by atoms with van der Waals surface area (Å²) in [6, 6.07) is 1.70. The summed E-state index contributed by atoms with van der Waals surface area (Å²) in [5.74, 6) is 0.574. The molecule has 5 nitrogen and oxygen atoms in total. The van der Waals surface area contributed by atoms with Gasteiger partial charge in [0, 0.05) is 23.2 Å². The molecule has 110 valence electrons. The molecule has 2 heterocycles. The smallest absolute Gasteiger partial charge is 0.399 e. The normalized spacial score (nSPS) is 20.2. The molecule has 1 saturated heterocycles. The van der Waals surface area contributed by atoms with Gasteiger partial charge in [0.15, 0.2) is 0 Å². The number of rotatable bonds is 4. The van der Waals surface area contributed by atoms with Gasteiger partial charge in [-0.15, -0.1) is 0 Å². The van der Waals surface area contributed by atoms with Crippen LogP contribution in [-0.4, -0.2) is 41.6 Å². The van der Waals surface area contributed by atoms with Gasteiger partial charge >= 0.3 is 7.12 Å². The zero-order valence-electron chi connectivity index (χ0n) is 12.2. The van der Waals surface area contributed by atoms with E-state index in [4.69, 9.17) is 26.0 Å². The Morgan fingerprint density at radius 2 is 1.90 bits per heavy atom. The van der Waals surface area contributed by atoms with E-state index in [1.807, 2.05) is 27.7 Å². The molecule has 0 aliphatic carbocycles. The first-order valence-corrected chi connectivity index (χ1v) is 7.01. The Kier molecular flexibility index (Phi) is 4.30. The zero-order chi connectivity index (χ0) is 15.0. The van der Waals surface area contributed by atoms with Crippen molar-refractivity contribution in [1.82, 2.24) is 4.98 Å². The fourth-order valence-electron chi connectivity index (χ4n) is 1.95. The quantitative estimate of drug-likeness (QED) is 0.824. The van der Waals surface area contributed by atoms with Gasteiger partial charge < -0.3 is 19.7 Å². The number of nitrogens with zero attached hydrogens (tertiary/aromatic N) is 1. The Balaban J connectivity index is 2.34. The first-order valence-electron chi connectivity index (χ1n) is 6.63. The number of hydrogen-bond acceptors (Lipinski definition) is 5. The van der Waals surface area contributed by atoms with Crippen LogP contribution in [0.5, 0.6) is 0 Å². The molecule has 1 aliphatic heterocycles. The van der Waals surface area contributed by atoms with Crippen LogP contribution in [0.4, 0.5) is 5.82 Å². The molecule has 0 aromatic carbocycles. The van der Waals surface area contributed by atoms with Crippen molar-refractivity contribution in [2.45, 2.75) is 38.9 Å². The minimum absolute atomic E-state index is 0.0109. The number of nitrogens with one attached hydrogen (secondary N) is 1. The lowest BCUT2D eigenvalue weighted by molar-refractivity contribution is 0.00578. The molecule has 0 amide bonds. The van der Waals surface area contributed by atoms with Crippen LogP contribution in [0, 0.1) is 0 Å². The van der Waals surface area contributed by atoms with Gasteiger partial charge in [0.1, 0.15) is 5.82 Å². The van der Waals surface area contributed by atoms with E-state index >= 15 is 0 Å². The fourth-order valence-corrected chi connectivity index (χ4v) is 2.18. The molecule has 2 rings (SSSR count). The van der Waals surface area contributed by atoms with Crippen molar-refractivity contribution in [3.8, 4) is 0 Å². The van der Waals surface area contributed by atoms with Crippen molar-refractivity contribution in [3.05, 3.63) is 17.3 Å². The van der Waals surface area contributed by atoms with E-state index in [1.54, 1.807) is 12.3 Å². The predicted molar refractivity (Wildman–Crippen MR) is 80.5 cm³/mol. The largest absolute Gasteiger partial charge is 0.500 e. The Labute approximate surface area is 124 Å². The van der Waals surface area contributed by atoms with Crippen LogP contribution < -0.4 is 10.8 Å². The maximum Gasteiger partial charge on any atom is 0.500 e. The minimum Gasteiger partial charge on any atom is -0.399 e. The van der Waals surface area contributed by atoms with Crippen molar-refractivity contribution in [2.24, 2.45) is 0 Å². The Morgan fingerprint density at radius 1 is 1.30 bits per heavy atom. The number of hydrogen-bond donors (Lipinski definition) is 2. The summed E-state index contributed by atoms with van der Waals surface area (Å²) in [5, 5.41) is 12.5. The van der Waals surface area contributed by atoms with E-state index in [9.17, 15) is 0 Å². The minimum atomic E-state index is -0.581. The SMILES string of the molecule is CC1(C)OB(c2c(Cl)ccnc2NCCO)OC1(C)C. The van der Waals surface area contributed by atoms with Gasteiger partial charge in [0.25, 0.3) is 0 Å². The Morgan fingerprint density at radius 3 is 2.45 bits per heavy atom. The summed E-state index contributed by atoms with van der Waals surface area (Å²) in [5.41, 5.74) is -0.211. The monoisotopic (exact) mass is 298 g/mol. The molecule has 1 aliphatic rings. The van der Waals surface area contributed by atoms with Crippen molar-refractivity contribution in [2.75, 3.05) is 18.5 Å². The first-order chi connectivity index (χ1) is 9.28. The summed E-state index contributed by atoms with van der Waals surface area (Å²) in [6.45, 7) is 8.34. The van der Waals surface area contributed by atoms with E-state index in [-0.39, 0.29) is 6.61 Å². The molecular weight excluding hydrogens is 278 g/mol. The summed E-state index contributed by atoms with van der Waals surface area (Å²) in [6.07, 6.45) is 1.61. The highest BCUT2D eigenvalue weighted by atomic mass is 35.5. The molecule has 1 fully saturated rings. The van der Waals surface area contributed by atoms with Gasteiger partial charge in [-0.1, -0.05) is 11.6 Å². The van der Waals surface area contributed by atoms with Crippen molar-refractivity contribution >= 4 is 30.0 Å². The van der Waals surface area contributed by atoms with Crippen molar-refractivity contribution < 1.29 is 14.4 Å². The first kappa shape index (κ1) is 15.6. The molecule has 2 N–H and O–H groups in total. The second kappa shape index (κ2) is 5.52. The Hall–Kier alpha value is -0.815. The highest BCUT2D eigenvalue weighted by Gasteiger charge is 2.53. The average molecular weight is 299 g/mol. The molecule has 0 saturated carbocycles. The van der Waals surface area contributed by atoms with Gasteiger partial charge in [0.05, 0.1) is 17.8 Å². The van der Waals surface area contributed by atoms with E-state index in [1.165, 1.54) is 0 Å². The Bertz CT molecular complexity index is 481. The van der Waals surface area contributed by atoms with Crippen molar-refractivity contribution in [1.29, 1.82) is 0 Å². The van der Waals surface area contributed by atoms with Crippen LogP contribution in [0.3, 0.4) is 0 Å². The number of anilines is 1. The second-order valence-corrected chi connectivity index (χ2v) is 6.20. The van der Waals surface area contributed by atoms with Crippen LogP contribution in [0.15, 0.2) is 12.3 Å². The van der Waals surface area contributed by atoms with Gasteiger partial charge in [0.2, 0.25) is 0 Å². The lowest BCUT2D eigenvalue weighted by Gasteiger charge is -2.32. The maximum atomic E-state index is 8.93. The number of halogens is 1. The summed E-state index contributed by atoms with van der Waals surface area (Å²) in [4.78, 5) is 4.25. The number of pyridine rings is 1. The molecule has 0 radical (unpaired) electrons.